The van der Waals surface area contributed by atoms with Crippen molar-refractivity contribution in [3.8, 4) is 11.5 Å². The van der Waals surface area contributed by atoms with Gasteiger partial charge in [0, 0.05) is 18.7 Å². The van der Waals surface area contributed by atoms with Gasteiger partial charge in [-0.1, -0.05) is 0 Å². The summed E-state index contributed by atoms with van der Waals surface area (Å²) in [6.45, 7) is 1.88. The minimum absolute atomic E-state index is 0.109. The number of hydrogen-bond acceptors (Lipinski definition) is 5. The highest BCUT2D eigenvalue weighted by Gasteiger charge is 2.18. The minimum Gasteiger partial charge on any atom is -0.396 e. The van der Waals surface area contributed by atoms with Crippen molar-refractivity contribution in [1.29, 1.82) is 0 Å². The molecule has 94 valence electrons. The first-order valence-corrected chi connectivity index (χ1v) is 5.88. The number of rotatable bonds is 2. The summed E-state index contributed by atoms with van der Waals surface area (Å²) in [5, 5.41) is 3.91. The lowest BCUT2D eigenvalue weighted by Gasteiger charge is -2.09. The van der Waals surface area contributed by atoms with Gasteiger partial charge < -0.3 is 15.2 Å². The molecule has 3 rings (SSSR count). The maximum Gasteiger partial charge on any atom is 0.266 e. The standard InChI is InChI=1S/C12H13FN4O/c13-9-7-8(3-4-10(9)14)11-15-12(16-18-11)17-5-1-2-6-17/h3-4,7H,1-2,5-6,14H2. The quantitative estimate of drug-likeness (QED) is 0.824. The number of anilines is 2. The zero-order valence-corrected chi connectivity index (χ0v) is 9.77. The summed E-state index contributed by atoms with van der Waals surface area (Å²) in [6.07, 6.45) is 2.28. The number of nitrogens with two attached hydrogens (primary N) is 1. The second-order valence-corrected chi connectivity index (χ2v) is 4.33. The van der Waals surface area contributed by atoms with Crippen molar-refractivity contribution in [2.75, 3.05) is 23.7 Å². The summed E-state index contributed by atoms with van der Waals surface area (Å²) in [5.41, 5.74) is 6.07. The van der Waals surface area contributed by atoms with Gasteiger partial charge in [-0.05, 0) is 36.2 Å². The maximum atomic E-state index is 13.3. The van der Waals surface area contributed by atoms with E-state index in [9.17, 15) is 4.39 Å². The number of aromatic nitrogens is 2. The fourth-order valence-corrected chi connectivity index (χ4v) is 2.04. The molecule has 0 spiro atoms. The molecule has 2 heterocycles. The predicted molar refractivity (Wildman–Crippen MR) is 65.6 cm³/mol. The third-order valence-electron chi connectivity index (χ3n) is 3.05. The Labute approximate surface area is 103 Å². The summed E-state index contributed by atoms with van der Waals surface area (Å²) >= 11 is 0. The van der Waals surface area contributed by atoms with E-state index in [-0.39, 0.29) is 5.69 Å². The van der Waals surface area contributed by atoms with E-state index < -0.39 is 5.82 Å². The van der Waals surface area contributed by atoms with Gasteiger partial charge in [0.25, 0.3) is 11.8 Å². The van der Waals surface area contributed by atoms with Crippen LogP contribution >= 0.6 is 0 Å². The van der Waals surface area contributed by atoms with Crippen LogP contribution in [0.5, 0.6) is 0 Å². The average molecular weight is 248 g/mol. The van der Waals surface area contributed by atoms with Gasteiger partial charge in [0.15, 0.2) is 0 Å². The molecule has 5 nitrogen and oxygen atoms in total. The topological polar surface area (TPSA) is 68.2 Å². The smallest absolute Gasteiger partial charge is 0.266 e. The first kappa shape index (κ1) is 11.0. The van der Waals surface area contributed by atoms with Crippen molar-refractivity contribution in [2.45, 2.75) is 12.8 Å². The summed E-state index contributed by atoms with van der Waals surface area (Å²) in [6, 6.07) is 4.46. The first-order chi connectivity index (χ1) is 8.74. The Bertz CT molecular complexity index is 563. The second kappa shape index (κ2) is 4.29. The number of nitrogen functional groups attached to an aromatic ring is 1. The molecule has 1 saturated heterocycles. The predicted octanol–water partition coefficient (Wildman–Crippen LogP) is 2.06. The van der Waals surface area contributed by atoms with Crippen LogP contribution < -0.4 is 10.6 Å². The van der Waals surface area contributed by atoms with Gasteiger partial charge in [0.1, 0.15) is 5.82 Å². The van der Waals surface area contributed by atoms with Crippen LogP contribution in [0.3, 0.4) is 0 Å². The van der Waals surface area contributed by atoms with Crippen LogP contribution in [0.15, 0.2) is 22.7 Å². The van der Waals surface area contributed by atoms with E-state index in [0.29, 0.717) is 17.4 Å². The van der Waals surface area contributed by atoms with Crippen LogP contribution in [0.4, 0.5) is 16.0 Å². The zero-order chi connectivity index (χ0) is 12.5. The van der Waals surface area contributed by atoms with E-state index in [1.165, 1.54) is 12.1 Å². The number of benzene rings is 1. The van der Waals surface area contributed by atoms with Crippen LogP contribution in [0, 0.1) is 5.82 Å². The number of hydrogen-bond donors (Lipinski definition) is 1. The summed E-state index contributed by atoms with van der Waals surface area (Å²) < 4.78 is 18.5. The highest BCUT2D eigenvalue weighted by molar-refractivity contribution is 5.58. The average Bonchev–Trinajstić information content (AvgIpc) is 3.01. The van der Waals surface area contributed by atoms with Crippen molar-refractivity contribution in [3.05, 3.63) is 24.0 Å². The van der Waals surface area contributed by atoms with Crippen LogP contribution in [0.2, 0.25) is 0 Å². The van der Waals surface area contributed by atoms with E-state index in [1.54, 1.807) is 6.07 Å². The van der Waals surface area contributed by atoms with Crippen molar-refractivity contribution in [1.82, 2.24) is 10.1 Å². The Kier molecular flexibility index (Phi) is 2.62. The molecule has 1 aromatic carbocycles. The third-order valence-corrected chi connectivity index (χ3v) is 3.05. The van der Waals surface area contributed by atoms with Gasteiger partial charge in [0.2, 0.25) is 0 Å². The maximum absolute atomic E-state index is 13.3. The molecule has 0 bridgehead atoms. The van der Waals surface area contributed by atoms with E-state index in [2.05, 4.69) is 15.0 Å². The lowest BCUT2D eigenvalue weighted by molar-refractivity contribution is 0.430. The molecule has 6 heteroatoms. The fraction of sp³-hybridized carbons (Fsp3) is 0.333. The Balaban J connectivity index is 1.89. The molecule has 1 aromatic heterocycles. The van der Waals surface area contributed by atoms with Gasteiger partial charge in [0.05, 0.1) is 5.69 Å². The van der Waals surface area contributed by atoms with Crippen molar-refractivity contribution < 1.29 is 8.91 Å². The van der Waals surface area contributed by atoms with Crippen LogP contribution in [0.1, 0.15) is 12.8 Å². The van der Waals surface area contributed by atoms with Crippen molar-refractivity contribution >= 4 is 11.6 Å². The van der Waals surface area contributed by atoms with Crippen LogP contribution in [-0.2, 0) is 0 Å². The lowest BCUT2D eigenvalue weighted by atomic mass is 10.2. The molecule has 0 radical (unpaired) electrons. The Morgan fingerprint density at radius 2 is 2.06 bits per heavy atom. The molecule has 0 aliphatic carbocycles. The monoisotopic (exact) mass is 248 g/mol. The fourth-order valence-electron chi connectivity index (χ4n) is 2.04. The summed E-state index contributed by atoms with van der Waals surface area (Å²) in [5.74, 6) is 0.406. The summed E-state index contributed by atoms with van der Waals surface area (Å²) in [7, 11) is 0. The minimum atomic E-state index is -0.478. The molecular weight excluding hydrogens is 235 g/mol. The summed E-state index contributed by atoms with van der Waals surface area (Å²) in [4.78, 5) is 6.33. The van der Waals surface area contributed by atoms with Gasteiger partial charge in [-0.3, -0.25) is 0 Å². The van der Waals surface area contributed by atoms with Crippen LogP contribution in [0.25, 0.3) is 11.5 Å². The van der Waals surface area contributed by atoms with E-state index in [1.807, 2.05) is 0 Å². The van der Waals surface area contributed by atoms with E-state index in [0.717, 1.165) is 25.9 Å². The van der Waals surface area contributed by atoms with Crippen molar-refractivity contribution in [3.63, 3.8) is 0 Å². The molecule has 2 N–H and O–H groups in total. The normalized spacial score (nSPS) is 15.3. The van der Waals surface area contributed by atoms with E-state index >= 15 is 0 Å². The molecule has 2 aromatic rings. The molecule has 0 unspecified atom stereocenters. The highest BCUT2D eigenvalue weighted by Crippen LogP contribution is 2.24. The molecule has 18 heavy (non-hydrogen) atoms. The Hall–Kier alpha value is -2.11. The molecule has 1 aliphatic rings. The molecule has 1 fully saturated rings. The number of nitrogens with zero attached hydrogens (tertiary/aromatic N) is 3. The van der Waals surface area contributed by atoms with Gasteiger partial charge >= 0.3 is 0 Å². The highest BCUT2D eigenvalue weighted by atomic mass is 19.1. The molecule has 0 amide bonds. The van der Waals surface area contributed by atoms with Crippen molar-refractivity contribution in [2.24, 2.45) is 0 Å². The molecule has 0 atom stereocenters. The van der Waals surface area contributed by atoms with Gasteiger partial charge in [-0.25, -0.2) is 4.39 Å². The largest absolute Gasteiger partial charge is 0.396 e. The first-order valence-electron chi connectivity index (χ1n) is 5.88. The second-order valence-electron chi connectivity index (χ2n) is 4.33. The SMILES string of the molecule is Nc1ccc(-c2nc(N3CCCC3)no2)cc1F. The lowest BCUT2D eigenvalue weighted by Crippen LogP contribution is -2.18. The third kappa shape index (κ3) is 1.90. The van der Waals surface area contributed by atoms with E-state index in [4.69, 9.17) is 10.3 Å². The van der Waals surface area contributed by atoms with Gasteiger partial charge in [-0.15, -0.1) is 0 Å². The van der Waals surface area contributed by atoms with Gasteiger partial charge in [-0.2, -0.15) is 4.98 Å². The molecular formula is C12H13FN4O. The zero-order valence-electron chi connectivity index (χ0n) is 9.77. The Morgan fingerprint density at radius 3 is 2.78 bits per heavy atom. The Morgan fingerprint density at radius 1 is 1.28 bits per heavy atom. The van der Waals surface area contributed by atoms with Crippen LogP contribution in [-0.4, -0.2) is 23.2 Å². The molecule has 1 aliphatic heterocycles. The number of halogens is 1. The molecule has 0 saturated carbocycles.